The number of aryl methyl sites for hydroxylation is 2. The summed E-state index contributed by atoms with van der Waals surface area (Å²) < 4.78 is 0. The molecule has 0 N–H and O–H groups in total. The predicted molar refractivity (Wildman–Crippen MR) is 89.7 cm³/mol. The van der Waals surface area contributed by atoms with Crippen molar-refractivity contribution in [3.8, 4) is 0 Å². The van der Waals surface area contributed by atoms with Crippen LogP contribution in [0.1, 0.15) is 17.5 Å². The first-order valence-electron chi connectivity index (χ1n) is 7.08. The van der Waals surface area contributed by atoms with Crippen molar-refractivity contribution in [2.75, 3.05) is 0 Å². The Morgan fingerprint density at radius 2 is 1.45 bits per heavy atom. The molecule has 0 heterocycles. The first kappa shape index (κ1) is 13.3. The highest BCUT2D eigenvalue weighted by Crippen LogP contribution is 2.26. The largest absolute Gasteiger partial charge is 0.143 e. The maximum atomic E-state index is 4.63. The van der Waals surface area contributed by atoms with Crippen molar-refractivity contribution in [3.63, 3.8) is 0 Å². The van der Waals surface area contributed by atoms with Gasteiger partial charge in [0, 0.05) is 4.90 Å². The Labute approximate surface area is 125 Å². The van der Waals surface area contributed by atoms with E-state index in [1.165, 1.54) is 21.9 Å². The van der Waals surface area contributed by atoms with E-state index in [1.807, 2.05) is 0 Å². The van der Waals surface area contributed by atoms with Crippen LogP contribution in [0.4, 0.5) is 0 Å². The van der Waals surface area contributed by atoms with Crippen LogP contribution in [0, 0.1) is 0 Å². The molecule has 0 aliphatic heterocycles. The lowest BCUT2D eigenvalue weighted by molar-refractivity contribution is 0.815. The van der Waals surface area contributed by atoms with Gasteiger partial charge in [-0.1, -0.05) is 60.7 Å². The molecule has 20 heavy (non-hydrogen) atoms. The Morgan fingerprint density at radius 1 is 0.700 bits per heavy atom. The molecule has 0 spiro atoms. The van der Waals surface area contributed by atoms with Crippen molar-refractivity contribution in [2.24, 2.45) is 0 Å². The van der Waals surface area contributed by atoms with Crippen LogP contribution in [0.25, 0.3) is 10.8 Å². The maximum absolute atomic E-state index is 4.63. The molecule has 0 saturated heterocycles. The maximum Gasteiger partial charge on any atom is 0.00784 e. The monoisotopic (exact) mass is 278 g/mol. The van der Waals surface area contributed by atoms with E-state index < -0.39 is 0 Å². The molecule has 0 atom stereocenters. The number of thiol groups is 1. The van der Waals surface area contributed by atoms with Gasteiger partial charge in [-0.25, -0.2) is 0 Å². The number of rotatable bonds is 4. The molecule has 0 radical (unpaired) electrons. The van der Waals surface area contributed by atoms with Gasteiger partial charge in [-0.3, -0.25) is 0 Å². The van der Waals surface area contributed by atoms with Crippen LogP contribution >= 0.6 is 12.6 Å². The third-order valence-corrected chi connectivity index (χ3v) is 4.17. The number of fused-ring (bicyclic) bond motifs is 1. The van der Waals surface area contributed by atoms with Gasteiger partial charge in [0.2, 0.25) is 0 Å². The van der Waals surface area contributed by atoms with Gasteiger partial charge in [0.1, 0.15) is 0 Å². The fourth-order valence-electron chi connectivity index (χ4n) is 2.70. The minimum Gasteiger partial charge on any atom is -0.143 e. The zero-order valence-corrected chi connectivity index (χ0v) is 12.3. The van der Waals surface area contributed by atoms with E-state index >= 15 is 0 Å². The van der Waals surface area contributed by atoms with Crippen molar-refractivity contribution in [3.05, 3.63) is 77.9 Å². The van der Waals surface area contributed by atoms with Crippen molar-refractivity contribution in [2.45, 2.75) is 24.2 Å². The van der Waals surface area contributed by atoms with Gasteiger partial charge < -0.3 is 0 Å². The summed E-state index contributed by atoms with van der Waals surface area (Å²) in [6.07, 6.45) is 3.36. The van der Waals surface area contributed by atoms with E-state index in [-0.39, 0.29) is 0 Å². The highest BCUT2D eigenvalue weighted by atomic mass is 32.1. The van der Waals surface area contributed by atoms with Gasteiger partial charge >= 0.3 is 0 Å². The zero-order chi connectivity index (χ0) is 13.8. The summed E-state index contributed by atoms with van der Waals surface area (Å²) in [5.41, 5.74) is 2.79. The average Bonchev–Trinajstić information content (AvgIpc) is 2.50. The van der Waals surface area contributed by atoms with Crippen molar-refractivity contribution in [1.29, 1.82) is 0 Å². The van der Waals surface area contributed by atoms with E-state index in [0.29, 0.717) is 0 Å². The summed E-state index contributed by atoms with van der Waals surface area (Å²) in [5, 5.41) is 2.65. The highest BCUT2D eigenvalue weighted by Gasteiger charge is 2.05. The molecule has 0 aromatic heterocycles. The minimum absolute atomic E-state index is 1.08. The third kappa shape index (κ3) is 2.88. The Kier molecular flexibility index (Phi) is 4.08. The number of hydrogen-bond donors (Lipinski definition) is 1. The first-order valence-corrected chi connectivity index (χ1v) is 7.53. The van der Waals surface area contributed by atoms with Crippen LogP contribution in [0.5, 0.6) is 0 Å². The third-order valence-electron chi connectivity index (χ3n) is 3.75. The Hall–Kier alpha value is -1.73. The van der Waals surface area contributed by atoms with Crippen LogP contribution < -0.4 is 0 Å². The van der Waals surface area contributed by atoms with Crippen molar-refractivity contribution < 1.29 is 0 Å². The molecule has 1 heteroatoms. The smallest absolute Gasteiger partial charge is 0.00784 e. The van der Waals surface area contributed by atoms with Gasteiger partial charge in [-0.15, -0.1) is 12.6 Å². The van der Waals surface area contributed by atoms with E-state index in [4.69, 9.17) is 0 Å². The summed E-state index contributed by atoms with van der Waals surface area (Å²) in [6.45, 7) is 0. The van der Waals surface area contributed by atoms with Gasteiger partial charge in [-0.05, 0) is 47.2 Å². The molecule has 100 valence electrons. The normalized spacial score (nSPS) is 10.8. The average molecular weight is 278 g/mol. The molecule has 3 aromatic rings. The Bertz CT molecular complexity index is 701. The zero-order valence-electron chi connectivity index (χ0n) is 11.4. The number of hydrogen-bond acceptors (Lipinski definition) is 1. The van der Waals surface area contributed by atoms with Crippen LogP contribution in [-0.4, -0.2) is 0 Å². The van der Waals surface area contributed by atoms with E-state index in [9.17, 15) is 0 Å². The second-order valence-electron chi connectivity index (χ2n) is 5.12. The lowest BCUT2D eigenvalue weighted by atomic mass is 9.98. The van der Waals surface area contributed by atoms with Crippen molar-refractivity contribution >= 4 is 23.4 Å². The predicted octanol–water partition coefficient (Wildman–Crippen LogP) is 5.30. The molecule has 0 saturated carbocycles. The second kappa shape index (κ2) is 6.15. The lowest BCUT2D eigenvalue weighted by Crippen LogP contribution is -1.93. The van der Waals surface area contributed by atoms with Crippen LogP contribution in [0.15, 0.2) is 71.6 Å². The number of benzene rings is 3. The molecule has 0 aliphatic rings. The summed E-state index contributed by atoms with van der Waals surface area (Å²) in [5.74, 6) is 0. The minimum atomic E-state index is 1.08. The van der Waals surface area contributed by atoms with Crippen molar-refractivity contribution in [1.82, 2.24) is 0 Å². The summed E-state index contributed by atoms with van der Waals surface area (Å²) in [7, 11) is 0. The molecule has 0 amide bonds. The molecule has 0 nitrogen and oxygen atoms in total. The molecule has 3 rings (SSSR count). The standard InChI is InChI=1S/C19H18S/c20-19-14-13-16-10-4-5-11-17(16)18(19)12-6-9-15-7-2-1-3-8-15/h1-5,7-8,10-11,13-14,20H,6,9,12H2. The van der Waals surface area contributed by atoms with Crippen LogP contribution in [0.3, 0.4) is 0 Å². The SMILES string of the molecule is Sc1ccc2ccccc2c1CCCc1ccccc1. The first-order chi connectivity index (χ1) is 9.84. The quantitative estimate of drug-likeness (QED) is 0.615. The van der Waals surface area contributed by atoms with E-state index in [0.717, 1.165) is 24.2 Å². The van der Waals surface area contributed by atoms with Gasteiger partial charge in [-0.2, -0.15) is 0 Å². The fraction of sp³-hybridized carbons (Fsp3) is 0.158. The molecule has 0 unspecified atom stereocenters. The molecular weight excluding hydrogens is 260 g/mol. The van der Waals surface area contributed by atoms with Gasteiger partial charge in [0.15, 0.2) is 0 Å². The summed E-state index contributed by atoms with van der Waals surface area (Å²) >= 11 is 4.63. The highest BCUT2D eigenvalue weighted by molar-refractivity contribution is 7.80. The van der Waals surface area contributed by atoms with Gasteiger partial charge in [0.05, 0.1) is 0 Å². The van der Waals surface area contributed by atoms with Crippen LogP contribution in [0.2, 0.25) is 0 Å². The van der Waals surface area contributed by atoms with E-state index in [1.54, 1.807) is 0 Å². The van der Waals surface area contributed by atoms with E-state index in [2.05, 4.69) is 79.4 Å². The Balaban J connectivity index is 1.79. The molecule has 0 fully saturated rings. The molecule has 0 bridgehead atoms. The Morgan fingerprint density at radius 3 is 2.30 bits per heavy atom. The summed E-state index contributed by atoms with van der Waals surface area (Å²) in [4.78, 5) is 1.11. The fourth-order valence-corrected chi connectivity index (χ4v) is 3.01. The topological polar surface area (TPSA) is 0 Å². The lowest BCUT2D eigenvalue weighted by Gasteiger charge is -2.10. The molecule has 0 aliphatic carbocycles. The molecule has 3 aromatic carbocycles. The van der Waals surface area contributed by atoms with Gasteiger partial charge in [0.25, 0.3) is 0 Å². The molecular formula is C19H18S. The van der Waals surface area contributed by atoms with Crippen LogP contribution in [-0.2, 0) is 12.8 Å². The second-order valence-corrected chi connectivity index (χ2v) is 5.61. The summed E-state index contributed by atoms with van der Waals surface area (Å²) in [6, 6.07) is 23.5.